The van der Waals surface area contributed by atoms with Gasteiger partial charge in [-0.1, -0.05) is 12.1 Å². The smallest absolute Gasteiger partial charge is 0.291 e. The highest BCUT2D eigenvalue weighted by molar-refractivity contribution is 7.17. The maximum atomic E-state index is 13.2. The summed E-state index contributed by atoms with van der Waals surface area (Å²) in [6.07, 6.45) is 0. The van der Waals surface area contributed by atoms with Crippen LogP contribution in [0.25, 0.3) is 10.2 Å². The molecule has 25 heavy (non-hydrogen) atoms. The van der Waals surface area contributed by atoms with Gasteiger partial charge in [0.2, 0.25) is 5.91 Å². The van der Waals surface area contributed by atoms with E-state index < -0.39 is 5.91 Å². The number of rotatable bonds is 3. The minimum absolute atomic E-state index is 0.317. The van der Waals surface area contributed by atoms with Crippen molar-refractivity contribution in [1.82, 2.24) is 9.58 Å². The second-order valence-electron chi connectivity index (χ2n) is 5.67. The van der Waals surface area contributed by atoms with Gasteiger partial charge in [-0.3, -0.25) is 9.59 Å². The molecule has 0 atom stereocenters. The van der Waals surface area contributed by atoms with Crippen LogP contribution in [-0.2, 0) is 11.3 Å². The Bertz CT molecular complexity index is 1020. The van der Waals surface area contributed by atoms with Gasteiger partial charge in [0, 0.05) is 0 Å². The van der Waals surface area contributed by atoms with E-state index in [1.165, 1.54) is 23.5 Å². The van der Waals surface area contributed by atoms with Crippen LogP contribution < -0.4 is 5.73 Å². The van der Waals surface area contributed by atoms with Gasteiger partial charge in [-0.2, -0.15) is 5.10 Å². The number of nitrogens with zero attached hydrogens (tertiary/aromatic N) is 3. The molecule has 0 fully saturated rings. The summed E-state index contributed by atoms with van der Waals surface area (Å²) in [7, 11) is 0. The van der Waals surface area contributed by atoms with E-state index in [4.69, 9.17) is 5.73 Å². The van der Waals surface area contributed by atoms with Gasteiger partial charge in [0.1, 0.15) is 18.1 Å². The number of carbonyl (C=O) groups excluding carboxylic acids is 2. The molecule has 2 N–H and O–H groups in total. The lowest BCUT2D eigenvalue weighted by molar-refractivity contribution is -0.118. The number of hydrazone groups is 1. The fraction of sp³-hybridized carbons (Fsp3) is 0.118. The molecule has 1 aromatic carbocycles. The summed E-state index contributed by atoms with van der Waals surface area (Å²) >= 11 is 1.53. The summed E-state index contributed by atoms with van der Waals surface area (Å²) in [5.74, 6) is -1.40. The van der Waals surface area contributed by atoms with E-state index in [-0.39, 0.29) is 18.3 Å². The number of carbonyl (C=O) groups is 2. The predicted octanol–water partition coefficient (Wildman–Crippen LogP) is 2.19. The Hall–Kier alpha value is -3.00. The minimum atomic E-state index is -0.655. The molecule has 1 aliphatic rings. The first-order chi connectivity index (χ1) is 12.0. The number of amides is 2. The Morgan fingerprint density at radius 2 is 2.04 bits per heavy atom. The molecule has 3 aromatic rings. The summed E-state index contributed by atoms with van der Waals surface area (Å²) in [6.45, 7) is 0.0184. The molecule has 0 unspecified atom stereocenters. The van der Waals surface area contributed by atoms with Crippen molar-refractivity contribution in [2.45, 2.75) is 6.54 Å². The second kappa shape index (κ2) is 5.82. The number of hydrogen-bond acceptors (Lipinski definition) is 4. The van der Waals surface area contributed by atoms with Crippen LogP contribution in [0, 0.1) is 5.82 Å². The Balaban J connectivity index is 1.87. The molecule has 1 aliphatic heterocycles. The van der Waals surface area contributed by atoms with Crippen molar-refractivity contribution in [3.05, 3.63) is 58.9 Å². The van der Waals surface area contributed by atoms with Gasteiger partial charge >= 0.3 is 0 Å². The van der Waals surface area contributed by atoms with Crippen molar-refractivity contribution < 1.29 is 14.0 Å². The number of fused-ring (bicyclic) bond motifs is 3. The van der Waals surface area contributed by atoms with E-state index in [2.05, 4.69) is 5.10 Å². The zero-order valence-electron chi connectivity index (χ0n) is 13.0. The average Bonchev–Trinajstić information content (AvgIpc) is 3.12. The van der Waals surface area contributed by atoms with E-state index in [1.807, 2.05) is 16.0 Å². The summed E-state index contributed by atoms with van der Waals surface area (Å²) in [5.41, 5.74) is 7.86. The standard InChI is InChI=1S/C17H13FN4O2S/c18-11-3-1-10(2-4-11)12-8-21-13-5-6-25-15(13)7-14(21)17(24)22(20-12)9-16(19)23/h1-7H,8-9H2,(H2,19,23). The maximum absolute atomic E-state index is 13.2. The summed E-state index contributed by atoms with van der Waals surface area (Å²) in [5, 5.41) is 7.35. The van der Waals surface area contributed by atoms with Gasteiger partial charge in [-0.05, 0) is 35.2 Å². The number of halogens is 1. The highest BCUT2D eigenvalue weighted by Gasteiger charge is 2.27. The molecule has 126 valence electrons. The second-order valence-corrected chi connectivity index (χ2v) is 6.62. The number of hydrogen-bond donors (Lipinski definition) is 1. The summed E-state index contributed by atoms with van der Waals surface area (Å²) in [4.78, 5) is 24.2. The molecule has 3 heterocycles. The van der Waals surface area contributed by atoms with Crippen LogP contribution in [0.5, 0.6) is 0 Å². The van der Waals surface area contributed by atoms with E-state index >= 15 is 0 Å². The molecule has 2 amide bonds. The monoisotopic (exact) mass is 356 g/mol. The molecule has 0 saturated carbocycles. The summed E-state index contributed by atoms with van der Waals surface area (Å²) in [6, 6.07) is 9.59. The van der Waals surface area contributed by atoms with E-state index in [1.54, 1.807) is 18.2 Å². The van der Waals surface area contributed by atoms with E-state index in [9.17, 15) is 14.0 Å². The van der Waals surface area contributed by atoms with Crippen LogP contribution in [0.4, 0.5) is 4.39 Å². The highest BCUT2D eigenvalue weighted by atomic mass is 32.1. The van der Waals surface area contributed by atoms with Crippen molar-refractivity contribution in [1.29, 1.82) is 0 Å². The molecule has 0 radical (unpaired) electrons. The molecule has 0 spiro atoms. The maximum Gasteiger partial charge on any atom is 0.291 e. The third-order valence-electron chi connectivity index (χ3n) is 4.01. The van der Waals surface area contributed by atoms with Crippen molar-refractivity contribution in [3.63, 3.8) is 0 Å². The number of primary amides is 1. The highest BCUT2D eigenvalue weighted by Crippen LogP contribution is 2.28. The van der Waals surface area contributed by atoms with Gasteiger partial charge < -0.3 is 10.3 Å². The zero-order chi connectivity index (χ0) is 17.6. The van der Waals surface area contributed by atoms with E-state index in [0.717, 1.165) is 15.2 Å². The van der Waals surface area contributed by atoms with Gasteiger partial charge in [-0.25, -0.2) is 9.40 Å². The van der Waals surface area contributed by atoms with E-state index in [0.29, 0.717) is 23.5 Å². The van der Waals surface area contributed by atoms with Crippen molar-refractivity contribution >= 4 is 39.1 Å². The lowest BCUT2D eigenvalue weighted by Crippen LogP contribution is -2.35. The first-order valence-corrected chi connectivity index (χ1v) is 8.41. The first-order valence-electron chi connectivity index (χ1n) is 7.53. The lowest BCUT2D eigenvalue weighted by atomic mass is 10.1. The minimum Gasteiger partial charge on any atom is -0.368 e. The molecule has 2 aromatic heterocycles. The van der Waals surface area contributed by atoms with Crippen molar-refractivity contribution in [2.24, 2.45) is 10.8 Å². The van der Waals surface area contributed by atoms with Crippen LogP contribution in [0.1, 0.15) is 16.1 Å². The van der Waals surface area contributed by atoms with Gasteiger partial charge in [0.15, 0.2) is 0 Å². The van der Waals surface area contributed by atoms with Crippen molar-refractivity contribution in [3.8, 4) is 0 Å². The Morgan fingerprint density at radius 3 is 2.76 bits per heavy atom. The van der Waals surface area contributed by atoms with Gasteiger partial charge in [0.25, 0.3) is 5.91 Å². The SMILES string of the molecule is NC(=O)CN1N=C(c2ccc(F)cc2)Cn2c(cc3sccc32)C1=O. The lowest BCUT2D eigenvalue weighted by Gasteiger charge is -2.14. The Labute approximate surface area is 146 Å². The molecular formula is C17H13FN4O2S. The normalized spacial score (nSPS) is 14.4. The Kier molecular flexibility index (Phi) is 3.61. The molecule has 4 rings (SSSR count). The molecule has 6 nitrogen and oxygen atoms in total. The number of thiophene rings is 1. The van der Waals surface area contributed by atoms with Gasteiger partial charge in [0.05, 0.1) is 22.5 Å². The fourth-order valence-electron chi connectivity index (χ4n) is 2.88. The van der Waals surface area contributed by atoms with Gasteiger partial charge in [-0.15, -0.1) is 11.3 Å². The van der Waals surface area contributed by atoms with Crippen LogP contribution in [0.2, 0.25) is 0 Å². The topological polar surface area (TPSA) is 80.7 Å². The first kappa shape index (κ1) is 15.5. The molecule has 0 saturated heterocycles. The quantitative estimate of drug-likeness (QED) is 0.780. The largest absolute Gasteiger partial charge is 0.368 e. The van der Waals surface area contributed by atoms with Crippen LogP contribution in [0.3, 0.4) is 0 Å². The molecular weight excluding hydrogens is 343 g/mol. The zero-order valence-corrected chi connectivity index (χ0v) is 13.8. The van der Waals surface area contributed by atoms with Crippen LogP contribution in [-0.4, -0.2) is 33.6 Å². The molecule has 0 aliphatic carbocycles. The third-order valence-corrected chi connectivity index (χ3v) is 4.86. The van der Waals surface area contributed by atoms with Crippen LogP contribution in [0.15, 0.2) is 46.9 Å². The summed E-state index contributed by atoms with van der Waals surface area (Å²) < 4.78 is 16.1. The van der Waals surface area contributed by atoms with Crippen LogP contribution >= 0.6 is 11.3 Å². The number of aromatic nitrogens is 1. The van der Waals surface area contributed by atoms with Crippen molar-refractivity contribution in [2.75, 3.05) is 6.54 Å². The fourth-order valence-corrected chi connectivity index (χ4v) is 3.70. The Morgan fingerprint density at radius 1 is 1.28 bits per heavy atom. The predicted molar refractivity (Wildman–Crippen MR) is 93.0 cm³/mol. The molecule has 0 bridgehead atoms. The third kappa shape index (κ3) is 2.70. The number of benzene rings is 1. The number of nitrogens with two attached hydrogens (primary N) is 1. The average molecular weight is 356 g/mol. The molecule has 8 heteroatoms.